The summed E-state index contributed by atoms with van der Waals surface area (Å²) in [6, 6.07) is 11.6. The number of benzene rings is 1. The predicted octanol–water partition coefficient (Wildman–Crippen LogP) is 2.47. The molecule has 1 aliphatic heterocycles. The molecule has 1 aromatic carbocycles. The number of hydrazone groups is 1. The number of amides is 1. The molecule has 2 aromatic rings. The van der Waals surface area contributed by atoms with Crippen molar-refractivity contribution < 1.29 is 4.79 Å². The third kappa shape index (κ3) is 1.88. The number of aromatic nitrogens is 1. The second-order valence-corrected chi connectivity index (χ2v) is 4.00. The van der Waals surface area contributed by atoms with E-state index in [-0.39, 0.29) is 5.91 Å². The number of anilines is 1. The highest BCUT2D eigenvalue weighted by atomic mass is 16.2. The molecule has 4 nitrogen and oxygen atoms in total. The molecule has 0 radical (unpaired) electrons. The summed E-state index contributed by atoms with van der Waals surface area (Å²) < 4.78 is 0. The summed E-state index contributed by atoms with van der Waals surface area (Å²) >= 11 is 0. The van der Waals surface area contributed by atoms with Gasteiger partial charge in [0, 0.05) is 24.2 Å². The maximum absolute atomic E-state index is 11.6. The minimum atomic E-state index is -0.00154. The summed E-state index contributed by atoms with van der Waals surface area (Å²) in [4.78, 5) is 15.7. The van der Waals surface area contributed by atoms with Crippen LogP contribution in [-0.4, -0.2) is 17.1 Å². The van der Waals surface area contributed by atoms with E-state index >= 15 is 0 Å². The van der Waals surface area contributed by atoms with E-state index in [9.17, 15) is 4.79 Å². The van der Waals surface area contributed by atoms with E-state index in [1.165, 1.54) is 5.01 Å². The number of hydrogen-bond donors (Lipinski definition) is 0. The molecule has 2 heterocycles. The second-order valence-electron chi connectivity index (χ2n) is 4.00. The summed E-state index contributed by atoms with van der Waals surface area (Å²) in [5.74, 6) is -0.00154. The second kappa shape index (κ2) is 4.41. The number of pyridine rings is 1. The van der Waals surface area contributed by atoms with E-state index in [2.05, 4.69) is 10.1 Å². The molecule has 1 aliphatic rings. The van der Waals surface area contributed by atoms with Crippen LogP contribution in [0.15, 0.2) is 53.9 Å². The van der Waals surface area contributed by atoms with E-state index in [1.54, 1.807) is 18.6 Å². The lowest BCUT2D eigenvalue weighted by Crippen LogP contribution is -2.19. The molecule has 0 aliphatic carbocycles. The van der Waals surface area contributed by atoms with E-state index in [0.29, 0.717) is 6.42 Å². The number of hydrogen-bond acceptors (Lipinski definition) is 3. The molecule has 0 N–H and O–H groups in total. The maximum atomic E-state index is 11.6. The summed E-state index contributed by atoms with van der Waals surface area (Å²) in [5, 5.41) is 5.50. The lowest BCUT2D eigenvalue weighted by molar-refractivity contribution is -0.116. The van der Waals surface area contributed by atoms with E-state index < -0.39 is 0 Å². The standard InChI is InChI=1S/C14H11N3O/c18-14-6-8-16-17(14)13-5-1-3-11(9-13)12-4-2-7-15-10-12/h1-5,7-10H,6H2. The normalized spacial score (nSPS) is 14.2. The van der Waals surface area contributed by atoms with Gasteiger partial charge in [0.15, 0.2) is 0 Å². The van der Waals surface area contributed by atoms with Crippen molar-refractivity contribution in [3.8, 4) is 11.1 Å². The Morgan fingerprint density at radius 2 is 2.00 bits per heavy atom. The van der Waals surface area contributed by atoms with Crippen LogP contribution in [0.4, 0.5) is 5.69 Å². The van der Waals surface area contributed by atoms with Gasteiger partial charge in [0.25, 0.3) is 5.91 Å². The van der Waals surface area contributed by atoms with Gasteiger partial charge in [0.05, 0.1) is 12.1 Å². The highest BCUT2D eigenvalue weighted by Crippen LogP contribution is 2.25. The van der Waals surface area contributed by atoms with Gasteiger partial charge in [-0.3, -0.25) is 9.78 Å². The zero-order valence-electron chi connectivity index (χ0n) is 9.65. The molecule has 1 amide bonds. The number of nitrogens with zero attached hydrogens (tertiary/aromatic N) is 3. The molecule has 0 atom stereocenters. The van der Waals surface area contributed by atoms with Crippen molar-refractivity contribution in [2.75, 3.05) is 5.01 Å². The minimum Gasteiger partial charge on any atom is -0.272 e. The molecule has 1 aromatic heterocycles. The predicted molar refractivity (Wildman–Crippen MR) is 70.3 cm³/mol. The van der Waals surface area contributed by atoms with Gasteiger partial charge in [-0.25, -0.2) is 5.01 Å². The first-order valence-electron chi connectivity index (χ1n) is 5.70. The first kappa shape index (κ1) is 10.7. The van der Waals surface area contributed by atoms with Crippen LogP contribution in [0, 0.1) is 0 Å². The van der Waals surface area contributed by atoms with Gasteiger partial charge in [-0.2, -0.15) is 5.10 Å². The van der Waals surface area contributed by atoms with Crippen LogP contribution in [-0.2, 0) is 4.79 Å². The van der Waals surface area contributed by atoms with Crippen LogP contribution in [0.5, 0.6) is 0 Å². The molecule has 0 spiro atoms. The number of carbonyl (C=O) groups is 1. The topological polar surface area (TPSA) is 45.6 Å². The molecule has 3 rings (SSSR count). The number of carbonyl (C=O) groups excluding carboxylic acids is 1. The largest absolute Gasteiger partial charge is 0.272 e. The summed E-state index contributed by atoms with van der Waals surface area (Å²) in [6.07, 6.45) is 5.53. The zero-order chi connectivity index (χ0) is 12.4. The average Bonchev–Trinajstić information content (AvgIpc) is 2.86. The molecule has 18 heavy (non-hydrogen) atoms. The van der Waals surface area contributed by atoms with Crippen molar-refractivity contribution in [1.29, 1.82) is 0 Å². The van der Waals surface area contributed by atoms with Gasteiger partial charge in [-0.15, -0.1) is 0 Å². The number of rotatable bonds is 2. The third-order valence-corrected chi connectivity index (χ3v) is 2.78. The Balaban J connectivity index is 1.99. The molecular weight excluding hydrogens is 226 g/mol. The Morgan fingerprint density at radius 1 is 1.11 bits per heavy atom. The Kier molecular flexibility index (Phi) is 2.61. The lowest BCUT2D eigenvalue weighted by Gasteiger charge is -2.13. The molecule has 0 saturated heterocycles. The fourth-order valence-electron chi connectivity index (χ4n) is 1.91. The molecule has 0 saturated carbocycles. The van der Waals surface area contributed by atoms with Crippen molar-refractivity contribution in [2.45, 2.75) is 6.42 Å². The van der Waals surface area contributed by atoms with Crippen LogP contribution in [0.2, 0.25) is 0 Å². The van der Waals surface area contributed by atoms with Crippen LogP contribution in [0.25, 0.3) is 11.1 Å². The van der Waals surface area contributed by atoms with Crippen LogP contribution >= 0.6 is 0 Å². The Bertz CT molecular complexity index is 607. The fraction of sp³-hybridized carbons (Fsp3) is 0.0714. The maximum Gasteiger partial charge on any atom is 0.252 e. The molecule has 0 fully saturated rings. The zero-order valence-corrected chi connectivity index (χ0v) is 9.65. The van der Waals surface area contributed by atoms with Gasteiger partial charge < -0.3 is 0 Å². The van der Waals surface area contributed by atoms with Gasteiger partial charge in [0.1, 0.15) is 0 Å². The fourth-order valence-corrected chi connectivity index (χ4v) is 1.91. The summed E-state index contributed by atoms with van der Waals surface area (Å²) in [5.41, 5.74) is 2.83. The van der Waals surface area contributed by atoms with Crippen molar-refractivity contribution in [3.63, 3.8) is 0 Å². The van der Waals surface area contributed by atoms with E-state index in [4.69, 9.17) is 0 Å². The third-order valence-electron chi connectivity index (χ3n) is 2.78. The summed E-state index contributed by atoms with van der Waals surface area (Å²) in [6.45, 7) is 0. The average molecular weight is 237 g/mol. The molecule has 4 heteroatoms. The van der Waals surface area contributed by atoms with Crippen LogP contribution in [0.1, 0.15) is 6.42 Å². The van der Waals surface area contributed by atoms with Crippen LogP contribution < -0.4 is 5.01 Å². The van der Waals surface area contributed by atoms with Gasteiger partial charge in [-0.1, -0.05) is 18.2 Å². The Labute approximate surface area is 105 Å². The molecule has 88 valence electrons. The lowest BCUT2D eigenvalue weighted by atomic mass is 10.1. The van der Waals surface area contributed by atoms with Gasteiger partial charge in [0.2, 0.25) is 0 Å². The minimum absolute atomic E-state index is 0.00154. The SMILES string of the molecule is O=C1CC=NN1c1cccc(-c2cccnc2)c1. The van der Waals surface area contributed by atoms with Gasteiger partial charge >= 0.3 is 0 Å². The van der Waals surface area contributed by atoms with Crippen molar-refractivity contribution in [1.82, 2.24) is 4.98 Å². The highest BCUT2D eigenvalue weighted by Gasteiger charge is 2.18. The van der Waals surface area contributed by atoms with Crippen molar-refractivity contribution in [3.05, 3.63) is 48.8 Å². The molecule has 0 bridgehead atoms. The van der Waals surface area contributed by atoms with Crippen LogP contribution in [0.3, 0.4) is 0 Å². The first-order chi connectivity index (χ1) is 8.84. The Morgan fingerprint density at radius 3 is 2.72 bits per heavy atom. The highest BCUT2D eigenvalue weighted by molar-refractivity contribution is 6.05. The van der Waals surface area contributed by atoms with Crippen molar-refractivity contribution in [2.24, 2.45) is 5.10 Å². The monoisotopic (exact) mass is 237 g/mol. The van der Waals surface area contributed by atoms with E-state index in [0.717, 1.165) is 16.8 Å². The van der Waals surface area contributed by atoms with Crippen molar-refractivity contribution >= 4 is 17.8 Å². The smallest absolute Gasteiger partial charge is 0.252 e. The summed E-state index contributed by atoms with van der Waals surface area (Å²) in [7, 11) is 0. The van der Waals surface area contributed by atoms with E-state index in [1.807, 2.05) is 36.4 Å². The van der Waals surface area contributed by atoms with Gasteiger partial charge in [-0.05, 0) is 23.8 Å². The molecular formula is C14H11N3O. The quantitative estimate of drug-likeness (QED) is 0.805. The first-order valence-corrected chi connectivity index (χ1v) is 5.70. The Hall–Kier alpha value is -2.49. The molecule has 0 unspecified atom stereocenters.